The summed E-state index contributed by atoms with van der Waals surface area (Å²) in [6, 6.07) is 9.40. The average Bonchev–Trinajstić information content (AvgIpc) is 2.80. The van der Waals surface area contributed by atoms with Crippen LogP contribution in [0, 0.1) is 12.8 Å². The number of amides is 1. The summed E-state index contributed by atoms with van der Waals surface area (Å²) in [6.07, 6.45) is 4.42. The van der Waals surface area contributed by atoms with Crippen molar-refractivity contribution in [2.24, 2.45) is 5.92 Å². The van der Waals surface area contributed by atoms with Crippen LogP contribution >= 0.6 is 0 Å². The summed E-state index contributed by atoms with van der Waals surface area (Å²) in [5.74, 6) is 0.337. The van der Waals surface area contributed by atoms with Crippen molar-refractivity contribution in [3.05, 3.63) is 35.4 Å². The third-order valence-corrected chi connectivity index (χ3v) is 7.02. The van der Waals surface area contributed by atoms with Crippen LogP contribution < -0.4 is 5.32 Å². The number of likely N-dealkylation sites (tertiary alicyclic amines) is 2. The van der Waals surface area contributed by atoms with Crippen molar-refractivity contribution in [2.45, 2.75) is 51.3 Å². The van der Waals surface area contributed by atoms with E-state index in [0.717, 1.165) is 32.5 Å². The third-order valence-electron chi connectivity index (χ3n) is 7.02. The number of hydrogen-bond acceptors (Lipinski definition) is 5. The molecule has 3 aliphatic rings. The van der Waals surface area contributed by atoms with Gasteiger partial charge in [-0.25, -0.2) is 0 Å². The molecule has 6 nitrogen and oxygen atoms in total. The highest BCUT2D eigenvalue weighted by molar-refractivity contribution is 5.78. The molecule has 3 heterocycles. The van der Waals surface area contributed by atoms with Crippen molar-refractivity contribution in [1.29, 1.82) is 0 Å². The molecule has 30 heavy (non-hydrogen) atoms. The number of hydrogen-bond donors (Lipinski definition) is 1. The van der Waals surface area contributed by atoms with Gasteiger partial charge in [-0.15, -0.1) is 0 Å². The Morgan fingerprint density at radius 3 is 2.53 bits per heavy atom. The van der Waals surface area contributed by atoms with E-state index in [1.165, 1.54) is 37.1 Å². The van der Waals surface area contributed by atoms with E-state index < -0.39 is 0 Å². The largest absolute Gasteiger partial charge is 0.376 e. The van der Waals surface area contributed by atoms with Crippen molar-refractivity contribution in [1.82, 2.24) is 15.1 Å². The molecule has 0 spiro atoms. The van der Waals surface area contributed by atoms with Crippen LogP contribution in [0.25, 0.3) is 0 Å². The normalized spacial score (nSPS) is 25.3. The number of ether oxygens (including phenoxy) is 2. The number of benzene rings is 1. The zero-order valence-corrected chi connectivity index (χ0v) is 18.4. The monoisotopic (exact) mass is 415 g/mol. The summed E-state index contributed by atoms with van der Waals surface area (Å²) < 4.78 is 11.0. The summed E-state index contributed by atoms with van der Waals surface area (Å²) in [4.78, 5) is 17.8. The molecule has 1 N–H and O–H groups in total. The SMILES string of the molecule is Cc1ccccc1CN1CCC(N2CCC(C(=O)NC[C@@H]3COCCO3)CC2)CC1. The maximum absolute atomic E-state index is 12.5. The van der Waals surface area contributed by atoms with Crippen LogP contribution in [0.1, 0.15) is 36.8 Å². The van der Waals surface area contributed by atoms with E-state index in [0.29, 0.717) is 32.4 Å². The molecule has 1 atom stereocenters. The number of aryl methyl sites for hydroxylation is 1. The minimum Gasteiger partial charge on any atom is -0.376 e. The molecule has 3 aliphatic heterocycles. The first kappa shape index (κ1) is 21.8. The molecule has 0 bridgehead atoms. The lowest BCUT2D eigenvalue weighted by atomic mass is 9.92. The van der Waals surface area contributed by atoms with Gasteiger partial charge in [-0.05, 0) is 69.9 Å². The molecule has 3 fully saturated rings. The second kappa shape index (κ2) is 10.7. The summed E-state index contributed by atoms with van der Waals surface area (Å²) in [5.41, 5.74) is 2.84. The lowest BCUT2D eigenvalue weighted by molar-refractivity contribution is -0.129. The quantitative estimate of drug-likeness (QED) is 0.772. The van der Waals surface area contributed by atoms with Gasteiger partial charge in [-0.1, -0.05) is 24.3 Å². The Morgan fingerprint density at radius 2 is 1.83 bits per heavy atom. The molecule has 166 valence electrons. The van der Waals surface area contributed by atoms with E-state index in [-0.39, 0.29) is 17.9 Å². The second-order valence-electron chi connectivity index (χ2n) is 9.06. The fourth-order valence-electron chi connectivity index (χ4n) is 5.01. The highest BCUT2D eigenvalue weighted by Crippen LogP contribution is 2.25. The minimum absolute atomic E-state index is 0.00708. The number of carbonyl (C=O) groups is 1. The first-order valence-corrected chi connectivity index (χ1v) is 11.7. The van der Waals surface area contributed by atoms with Crippen LogP contribution in [0.2, 0.25) is 0 Å². The average molecular weight is 416 g/mol. The molecule has 3 saturated heterocycles. The number of carbonyl (C=O) groups excluding carboxylic acids is 1. The third kappa shape index (κ3) is 5.82. The van der Waals surface area contributed by atoms with Gasteiger partial charge >= 0.3 is 0 Å². The van der Waals surface area contributed by atoms with Gasteiger partial charge < -0.3 is 19.7 Å². The van der Waals surface area contributed by atoms with Crippen LogP contribution in [-0.4, -0.2) is 80.4 Å². The standard InChI is InChI=1S/C24H37N3O3/c1-19-4-2-3-5-21(19)17-26-10-8-22(9-11-26)27-12-6-20(7-13-27)24(28)25-16-23-18-29-14-15-30-23/h2-5,20,22-23H,6-18H2,1H3,(H,25,28)/t23-/m1/s1. The Balaban J connectivity index is 1.15. The van der Waals surface area contributed by atoms with Gasteiger partial charge in [0.25, 0.3) is 0 Å². The molecule has 0 aliphatic carbocycles. The molecule has 0 aromatic heterocycles. The number of nitrogens with one attached hydrogen (secondary N) is 1. The summed E-state index contributed by atoms with van der Waals surface area (Å²) in [5, 5.41) is 3.08. The molecular weight excluding hydrogens is 378 g/mol. The van der Waals surface area contributed by atoms with Crippen molar-refractivity contribution in [2.75, 3.05) is 52.5 Å². The summed E-state index contributed by atoms with van der Waals surface area (Å²) in [7, 11) is 0. The van der Waals surface area contributed by atoms with E-state index in [1.807, 2.05) is 0 Å². The summed E-state index contributed by atoms with van der Waals surface area (Å²) in [6.45, 7) is 10.1. The first-order valence-electron chi connectivity index (χ1n) is 11.7. The lowest BCUT2D eigenvalue weighted by Gasteiger charge is -2.41. The van der Waals surface area contributed by atoms with Gasteiger partial charge in [-0.3, -0.25) is 9.69 Å². The number of rotatable bonds is 6. The predicted octanol–water partition coefficient (Wildman–Crippen LogP) is 2.20. The zero-order chi connectivity index (χ0) is 20.8. The molecule has 6 heteroatoms. The van der Waals surface area contributed by atoms with Gasteiger partial charge in [-0.2, -0.15) is 0 Å². The van der Waals surface area contributed by atoms with Gasteiger partial charge in [0.2, 0.25) is 5.91 Å². The molecule has 0 unspecified atom stereocenters. The van der Waals surface area contributed by atoms with E-state index in [1.54, 1.807) is 0 Å². The smallest absolute Gasteiger partial charge is 0.223 e. The summed E-state index contributed by atoms with van der Waals surface area (Å²) >= 11 is 0. The Kier molecular flexibility index (Phi) is 7.77. The van der Waals surface area contributed by atoms with Crippen molar-refractivity contribution in [3.8, 4) is 0 Å². The predicted molar refractivity (Wildman–Crippen MR) is 117 cm³/mol. The fraction of sp³-hybridized carbons (Fsp3) is 0.708. The van der Waals surface area contributed by atoms with Crippen LogP contribution in [0.5, 0.6) is 0 Å². The second-order valence-corrected chi connectivity index (χ2v) is 9.06. The fourth-order valence-corrected chi connectivity index (χ4v) is 5.01. The van der Waals surface area contributed by atoms with Gasteiger partial charge in [0, 0.05) is 25.0 Å². The van der Waals surface area contributed by atoms with Crippen LogP contribution in [0.3, 0.4) is 0 Å². The van der Waals surface area contributed by atoms with Gasteiger partial charge in [0.15, 0.2) is 0 Å². The molecule has 1 amide bonds. The van der Waals surface area contributed by atoms with Crippen molar-refractivity contribution < 1.29 is 14.3 Å². The number of nitrogens with zero attached hydrogens (tertiary/aromatic N) is 2. The maximum atomic E-state index is 12.5. The Bertz CT molecular complexity index is 676. The highest BCUT2D eigenvalue weighted by Gasteiger charge is 2.31. The Hall–Kier alpha value is -1.47. The maximum Gasteiger partial charge on any atom is 0.223 e. The molecule has 0 saturated carbocycles. The molecular formula is C24H37N3O3. The van der Waals surface area contributed by atoms with E-state index in [2.05, 4.69) is 46.3 Å². The van der Waals surface area contributed by atoms with E-state index in [9.17, 15) is 4.79 Å². The van der Waals surface area contributed by atoms with Crippen LogP contribution in [0.15, 0.2) is 24.3 Å². The van der Waals surface area contributed by atoms with Crippen molar-refractivity contribution >= 4 is 5.91 Å². The Morgan fingerprint density at radius 1 is 1.07 bits per heavy atom. The van der Waals surface area contributed by atoms with Gasteiger partial charge in [0.05, 0.1) is 25.9 Å². The molecule has 1 aromatic rings. The van der Waals surface area contributed by atoms with E-state index in [4.69, 9.17) is 9.47 Å². The van der Waals surface area contributed by atoms with Crippen LogP contribution in [0.4, 0.5) is 0 Å². The first-order chi connectivity index (χ1) is 14.7. The van der Waals surface area contributed by atoms with Gasteiger partial charge in [0.1, 0.15) is 0 Å². The minimum atomic E-state index is 0.00708. The highest BCUT2D eigenvalue weighted by atomic mass is 16.6. The van der Waals surface area contributed by atoms with Crippen molar-refractivity contribution in [3.63, 3.8) is 0 Å². The molecule has 1 aromatic carbocycles. The molecule has 4 rings (SSSR count). The number of piperidine rings is 2. The van der Waals surface area contributed by atoms with Crippen LogP contribution in [-0.2, 0) is 20.8 Å². The topological polar surface area (TPSA) is 54.0 Å². The van der Waals surface area contributed by atoms with E-state index >= 15 is 0 Å². The Labute approximate surface area is 180 Å². The molecule has 0 radical (unpaired) electrons. The lowest BCUT2D eigenvalue weighted by Crippen LogP contribution is -2.49. The zero-order valence-electron chi connectivity index (χ0n) is 18.4.